The number of amides is 1. The number of aryl methyl sites for hydroxylation is 2. The van der Waals surface area contributed by atoms with Gasteiger partial charge >= 0.3 is 0 Å². The smallest absolute Gasteiger partial charge is 0.263 e. The number of hydrogen-bond acceptors (Lipinski definition) is 4. The molecule has 30 heavy (non-hydrogen) atoms. The molecule has 1 aliphatic heterocycles. The van der Waals surface area contributed by atoms with Crippen LogP contribution in [0, 0.1) is 13.8 Å². The SMILES string of the molecule is Cc1ccc(NS(=O)(=O)c2cc(C(=O)NCCCN3CCCC3)ccc2Cl)cc1C. The summed E-state index contributed by atoms with van der Waals surface area (Å²) in [5.41, 5.74) is 2.76. The first-order valence-electron chi connectivity index (χ1n) is 10.2. The number of hydrogen-bond donors (Lipinski definition) is 2. The quantitative estimate of drug-likeness (QED) is 0.597. The van der Waals surface area contributed by atoms with Crippen molar-refractivity contribution in [3.05, 3.63) is 58.1 Å². The fraction of sp³-hybridized carbons (Fsp3) is 0.409. The van der Waals surface area contributed by atoms with Crippen LogP contribution in [0.2, 0.25) is 5.02 Å². The molecule has 1 aliphatic rings. The first-order chi connectivity index (χ1) is 14.3. The van der Waals surface area contributed by atoms with Gasteiger partial charge in [0, 0.05) is 17.8 Å². The average Bonchev–Trinajstić information content (AvgIpc) is 3.21. The summed E-state index contributed by atoms with van der Waals surface area (Å²) in [6, 6.07) is 9.60. The zero-order valence-electron chi connectivity index (χ0n) is 17.4. The minimum atomic E-state index is -3.93. The van der Waals surface area contributed by atoms with Crippen LogP contribution < -0.4 is 10.0 Å². The molecule has 2 aromatic carbocycles. The van der Waals surface area contributed by atoms with Gasteiger partial charge in [0.05, 0.1) is 5.02 Å². The monoisotopic (exact) mass is 449 g/mol. The van der Waals surface area contributed by atoms with Gasteiger partial charge in [-0.2, -0.15) is 0 Å². The van der Waals surface area contributed by atoms with Gasteiger partial charge in [-0.3, -0.25) is 9.52 Å². The third-order valence-electron chi connectivity index (χ3n) is 5.38. The Hall–Kier alpha value is -2.09. The van der Waals surface area contributed by atoms with Crippen molar-refractivity contribution >= 4 is 33.2 Å². The molecule has 162 valence electrons. The largest absolute Gasteiger partial charge is 0.352 e. The second kappa shape index (κ2) is 9.81. The van der Waals surface area contributed by atoms with E-state index in [1.54, 1.807) is 12.1 Å². The fourth-order valence-corrected chi connectivity index (χ4v) is 5.05. The second-order valence-corrected chi connectivity index (χ2v) is 9.77. The first kappa shape index (κ1) is 22.6. The summed E-state index contributed by atoms with van der Waals surface area (Å²) < 4.78 is 28.3. The summed E-state index contributed by atoms with van der Waals surface area (Å²) in [5.74, 6) is -0.310. The standard InChI is InChI=1S/C22H28ClN3O3S/c1-16-6-8-19(14-17(16)2)25-30(28,29)21-15-18(7-9-20(21)23)22(27)24-10-5-13-26-11-3-4-12-26/h6-9,14-15,25H,3-5,10-13H2,1-2H3,(H,24,27). The van der Waals surface area contributed by atoms with Crippen LogP contribution in [0.25, 0.3) is 0 Å². The molecule has 0 radical (unpaired) electrons. The molecule has 0 saturated carbocycles. The van der Waals surface area contributed by atoms with Crippen molar-refractivity contribution in [1.82, 2.24) is 10.2 Å². The molecule has 0 atom stereocenters. The predicted molar refractivity (Wildman–Crippen MR) is 121 cm³/mol. The van der Waals surface area contributed by atoms with Gasteiger partial charge in [-0.15, -0.1) is 0 Å². The van der Waals surface area contributed by atoms with Gasteiger partial charge in [-0.25, -0.2) is 8.42 Å². The lowest BCUT2D eigenvalue weighted by molar-refractivity contribution is 0.0952. The van der Waals surface area contributed by atoms with Crippen LogP contribution in [0.3, 0.4) is 0 Å². The molecule has 0 aromatic heterocycles. The van der Waals surface area contributed by atoms with Crippen LogP contribution in [0.1, 0.15) is 40.7 Å². The third-order valence-corrected chi connectivity index (χ3v) is 7.24. The lowest BCUT2D eigenvalue weighted by Crippen LogP contribution is -2.28. The van der Waals surface area contributed by atoms with Crippen LogP contribution >= 0.6 is 11.6 Å². The normalized spacial score (nSPS) is 14.6. The Balaban J connectivity index is 1.66. The number of nitrogens with one attached hydrogen (secondary N) is 2. The third kappa shape index (κ3) is 5.74. The molecule has 0 aliphatic carbocycles. The topological polar surface area (TPSA) is 78.5 Å². The van der Waals surface area contributed by atoms with E-state index >= 15 is 0 Å². The maximum Gasteiger partial charge on any atom is 0.263 e. The van der Waals surface area contributed by atoms with Gasteiger partial charge in [-0.1, -0.05) is 17.7 Å². The molecule has 2 aromatic rings. The van der Waals surface area contributed by atoms with Crippen molar-refractivity contribution in [1.29, 1.82) is 0 Å². The van der Waals surface area contributed by atoms with Crippen LogP contribution in [0.4, 0.5) is 5.69 Å². The van der Waals surface area contributed by atoms with Gasteiger partial charge in [0.1, 0.15) is 4.90 Å². The zero-order valence-corrected chi connectivity index (χ0v) is 18.9. The van der Waals surface area contributed by atoms with E-state index in [1.165, 1.54) is 31.0 Å². The number of benzene rings is 2. The zero-order chi connectivity index (χ0) is 21.7. The highest BCUT2D eigenvalue weighted by atomic mass is 35.5. The maximum absolute atomic E-state index is 12.9. The number of sulfonamides is 1. The highest BCUT2D eigenvalue weighted by molar-refractivity contribution is 7.92. The van der Waals surface area contributed by atoms with Gasteiger partial charge in [-0.05, 0) is 94.2 Å². The molecule has 0 spiro atoms. The molecule has 1 amide bonds. The minimum absolute atomic E-state index is 0.0666. The molecule has 0 bridgehead atoms. The van der Waals surface area contributed by atoms with Crippen molar-refractivity contribution in [2.75, 3.05) is 30.9 Å². The number of nitrogens with zero attached hydrogens (tertiary/aromatic N) is 1. The molecule has 8 heteroatoms. The molecule has 1 saturated heterocycles. The molecule has 1 fully saturated rings. The molecular formula is C22H28ClN3O3S. The van der Waals surface area contributed by atoms with Crippen molar-refractivity contribution in [2.45, 2.75) is 38.0 Å². The van der Waals surface area contributed by atoms with E-state index in [1.807, 2.05) is 19.9 Å². The summed E-state index contributed by atoms with van der Waals surface area (Å²) in [6.45, 7) is 7.62. The second-order valence-electron chi connectivity index (χ2n) is 7.71. The van der Waals surface area contributed by atoms with Gasteiger partial charge in [0.2, 0.25) is 0 Å². The Bertz CT molecular complexity index is 1020. The number of anilines is 1. The van der Waals surface area contributed by atoms with E-state index in [0.29, 0.717) is 12.2 Å². The van der Waals surface area contributed by atoms with E-state index in [9.17, 15) is 13.2 Å². The Morgan fingerprint density at radius 1 is 1.07 bits per heavy atom. The molecule has 2 N–H and O–H groups in total. The fourth-order valence-electron chi connectivity index (χ4n) is 3.48. The van der Waals surface area contributed by atoms with Crippen molar-refractivity contribution in [3.8, 4) is 0 Å². The number of halogens is 1. The van der Waals surface area contributed by atoms with E-state index in [2.05, 4.69) is 14.9 Å². The van der Waals surface area contributed by atoms with Crippen LogP contribution in [0.5, 0.6) is 0 Å². The van der Waals surface area contributed by atoms with Crippen LogP contribution in [-0.2, 0) is 10.0 Å². The molecule has 0 unspecified atom stereocenters. The van der Waals surface area contributed by atoms with Crippen molar-refractivity contribution in [3.63, 3.8) is 0 Å². The summed E-state index contributed by atoms with van der Waals surface area (Å²) in [5, 5.41) is 2.93. The van der Waals surface area contributed by atoms with E-state index in [0.717, 1.165) is 37.2 Å². The predicted octanol–water partition coefficient (Wildman–Crippen LogP) is 3.97. The first-order valence-corrected chi connectivity index (χ1v) is 12.0. The van der Waals surface area contributed by atoms with Crippen LogP contribution in [0.15, 0.2) is 41.3 Å². The highest BCUT2D eigenvalue weighted by Gasteiger charge is 2.21. The van der Waals surface area contributed by atoms with Crippen molar-refractivity contribution in [2.24, 2.45) is 0 Å². The summed E-state index contributed by atoms with van der Waals surface area (Å²) in [6.07, 6.45) is 3.34. The lowest BCUT2D eigenvalue weighted by atomic mass is 10.1. The van der Waals surface area contributed by atoms with Crippen molar-refractivity contribution < 1.29 is 13.2 Å². The lowest BCUT2D eigenvalue weighted by Gasteiger charge is -2.15. The number of rotatable bonds is 8. The van der Waals surface area contributed by atoms with Crippen LogP contribution in [-0.4, -0.2) is 45.4 Å². The van der Waals surface area contributed by atoms with E-state index in [4.69, 9.17) is 11.6 Å². The van der Waals surface area contributed by atoms with Gasteiger partial charge < -0.3 is 10.2 Å². The Morgan fingerprint density at radius 3 is 2.50 bits per heavy atom. The Labute approximate surface area is 183 Å². The average molecular weight is 450 g/mol. The molecule has 1 heterocycles. The van der Waals surface area contributed by atoms with Gasteiger partial charge in [0.15, 0.2) is 0 Å². The number of likely N-dealkylation sites (tertiary alicyclic amines) is 1. The van der Waals surface area contributed by atoms with E-state index < -0.39 is 10.0 Å². The Kier molecular flexibility index (Phi) is 7.39. The summed E-state index contributed by atoms with van der Waals surface area (Å²) >= 11 is 6.15. The minimum Gasteiger partial charge on any atom is -0.352 e. The summed E-state index contributed by atoms with van der Waals surface area (Å²) in [4.78, 5) is 14.8. The van der Waals surface area contributed by atoms with Gasteiger partial charge in [0.25, 0.3) is 15.9 Å². The molecule has 3 rings (SSSR count). The maximum atomic E-state index is 12.9. The highest BCUT2D eigenvalue weighted by Crippen LogP contribution is 2.26. The Morgan fingerprint density at radius 2 is 1.80 bits per heavy atom. The molecule has 6 nitrogen and oxygen atoms in total. The summed E-state index contributed by atoms with van der Waals surface area (Å²) in [7, 11) is -3.93. The van der Waals surface area contributed by atoms with E-state index in [-0.39, 0.29) is 21.4 Å². The number of carbonyl (C=O) groups excluding carboxylic acids is 1. The molecular weight excluding hydrogens is 422 g/mol. The number of carbonyl (C=O) groups is 1.